The van der Waals surface area contributed by atoms with Crippen LogP contribution in [0, 0.1) is 0 Å². The first kappa shape index (κ1) is 12.6. The third-order valence-corrected chi connectivity index (χ3v) is 2.50. The molecule has 0 bridgehead atoms. The van der Waals surface area contributed by atoms with Crippen LogP contribution in [0.1, 0.15) is 23.0 Å². The summed E-state index contributed by atoms with van der Waals surface area (Å²) in [4.78, 5) is 15.6. The monoisotopic (exact) mass is 257 g/mol. The Morgan fingerprint density at radius 2 is 2.11 bits per heavy atom. The average molecular weight is 257 g/mol. The van der Waals surface area contributed by atoms with Crippen LogP contribution in [0.15, 0.2) is 24.5 Å². The molecule has 18 heavy (non-hydrogen) atoms. The minimum atomic E-state index is -4.47. The first-order chi connectivity index (χ1) is 8.30. The van der Waals surface area contributed by atoms with Crippen LogP contribution >= 0.6 is 0 Å². The molecular formula is C11H10F3N3O. The molecule has 96 valence electrons. The summed E-state index contributed by atoms with van der Waals surface area (Å²) in [6.45, 7) is 1.47. The van der Waals surface area contributed by atoms with Gasteiger partial charge in [-0.3, -0.25) is 9.20 Å². The summed E-state index contributed by atoms with van der Waals surface area (Å²) >= 11 is 0. The number of hydrogen-bond donors (Lipinski definition) is 1. The van der Waals surface area contributed by atoms with Crippen molar-refractivity contribution in [2.75, 3.05) is 0 Å². The summed E-state index contributed by atoms with van der Waals surface area (Å²) in [5.41, 5.74) is 4.91. The number of hydrogen-bond acceptors (Lipinski definition) is 3. The number of alkyl halides is 3. The second-order valence-electron chi connectivity index (χ2n) is 3.94. The molecule has 4 nitrogen and oxygen atoms in total. The van der Waals surface area contributed by atoms with E-state index in [2.05, 4.69) is 4.98 Å². The highest BCUT2D eigenvalue weighted by Crippen LogP contribution is 2.29. The van der Waals surface area contributed by atoms with E-state index >= 15 is 0 Å². The first-order valence-electron chi connectivity index (χ1n) is 5.15. The van der Waals surface area contributed by atoms with Gasteiger partial charge in [0.05, 0.1) is 17.8 Å². The van der Waals surface area contributed by atoms with Gasteiger partial charge in [-0.05, 0) is 19.1 Å². The van der Waals surface area contributed by atoms with Gasteiger partial charge in [-0.2, -0.15) is 13.2 Å². The van der Waals surface area contributed by atoms with Gasteiger partial charge in [-0.15, -0.1) is 0 Å². The Morgan fingerprint density at radius 3 is 2.67 bits per heavy atom. The van der Waals surface area contributed by atoms with Crippen molar-refractivity contribution < 1.29 is 18.0 Å². The Morgan fingerprint density at radius 1 is 1.44 bits per heavy atom. The third-order valence-electron chi connectivity index (χ3n) is 2.50. The number of fused-ring (bicyclic) bond motifs is 1. The van der Waals surface area contributed by atoms with Crippen molar-refractivity contribution in [2.24, 2.45) is 5.73 Å². The first-order valence-corrected chi connectivity index (χ1v) is 5.15. The molecule has 2 rings (SSSR count). The zero-order valence-corrected chi connectivity index (χ0v) is 9.40. The van der Waals surface area contributed by atoms with Crippen LogP contribution in [-0.4, -0.2) is 21.2 Å². The molecule has 0 saturated carbocycles. The Labute approximate surface area is 100 Å². The SMILES string of the molecule is CC(N)C(=O)c1cnc2ccc(C(F)(F)F)cn12. The van der Waals surface area contributed by atoms with Crippen molar-refractivity contribution in [3.05, 3.63) is 35.8 Å². The van der Waals surface area contributed by atoms with E-state index < -0.39 is 23.6 Å². The molecular weight excluding hydrogens is 247 g/mol. The van der Waals surface area contributed by atoms with E-state index in [-0.39, 0.29) is 11.3 Å². The number of ketones is 1. The zero-order chi connectivity index (χ0) is 13.5. The van der Waals surface area contributed by atoms with Crippen molar-refractivity contribution in [3.8, 4) is 0 Å². The summed E-state index contributed by atoms with van der Waals surface area (Å²) < 4.78 is 38.8. The summed E-state index contributed by atoms with van der Waals surface area (Å²) in [6.07, 6.45) is -2.40. The number of aromatic nitrogens is 2. The molecule has 1 unspecified atom stereocenters. The molecule has 2 aromatic rings. The molecule has 7 heteroatoms. The van der Waals surface area contributed by atoms with E-state index in [1.54, 1.807) is 0 Å². The normalized spacial score (nSPS) is 13.8. The van der Waals surface area contributed by atoms with Crippen LogP contribution in [0.3, 0.4) is 0 Å². The molecule has 0 aliphatic carbocycles. The lowest BCUT2D eigenvalue weighted by Gasteiger charge is -2.08. The number of pyridine rings is 1. The van der Waals surface area contributed by atoms with Crippen LogP contribution < -0.4 is 5.73 Å². The number of imidazole rings is 1. The van der Waals surface area contributed by atoms with E-state index in [0.717, 1.165) is 16.7 Å². The zero-order valence-electron chi connectivity index (χ0n) is 9.40. The standard InChI is InChI=1S/C11H10F3N3O/c1-6(15)10(18)8-4-16-9-3-2-7(5-17(8)9)11(12,13)14/h2-6H,15H2,1H3. The van der Waals surface area contributed by atoms with Gasteiger partial charge in [0.2, 0.25) is 0 Å². The predicted octanol–water partition coefficient (Wildman–Crippen LogP) is 1.88. The van der Waals surface area contributed by atoms with Gasteiger partial charge in [0, 0.05) is 6.20 Å². The number of carbonyl (C=O) groups is 1. The van der Waals surface area contributed by atoms with Crippen LogP contribution in [0.25, 0.3) is 5.65 Å². The molecule has 0 spiro atoms. The molecule has 0 radical (unpaired) electrons. The van der Waals surface area contributed by atoms with E-state index in [0.29, 0.717) is 0 Å². The number of rotatable bonds is 2. The Kier molecular flexibility index (Phi) is 2.86. The van der Waals surface area contributed by atoms with Crippen molar-refractivity contribution in [3.63, 3.8) is 0 Å². The number of Topliss-reactive ketones (excluding diaryl/α,β-unsaturated/α-hetero) is 1. The molecule has 1 atom stereocenters. The topological polar surface area (TPSA) is 60.4 Å². The fourth-order valence-corrected chi connectivity index (χ4v) is 1.56. The number of nitrogens with two attached hydrogens (primary N) is 1. The van der Waals surface area contributed by atoms with Crippen molar-refractivity contribution in [2.45, 2.75) is 19.1 Å². The highest BCUT2D eigenvalue weighted by molar-refractivity contribution is 5.98. The maximum absolute atomic E-state index is 12.6. The Hall–Kier alpha value is -1.89. The van der Waals surface area contributed by atoms with E-state index in [1.807, 2.05) is 0 Å². The van der Waals surface area contributed by atoms with Crippen molar-refractivity contribution >= 4 is 11.4 Å². The number of nitrogens with zero attached hydrogens (tertiary/aromatic N) is 2. The molecule has 0 saturated heterocycles. The van der Waals surface area contributed by atoms with Crippen LogP contribution in [0.4, 0.5) is 13.2 Å². The van der Waals surface area contributed by atoms with Crippen LogP contribution in [-0.2, 0) is 6.18 Å². The Bertz CT molecular complexity index is 601. The van der Waals surface area contributed by atoms with Gasteiger partial charge in [0.1, 0.15) is 11.3 Å². The molecule has 0 aromatic carbocycles. The average Bonchev–Trinajstić information content (AvgIpc) is 2.69. The summed E-state index contributed by atoms with van der Waals surface area (Å²) in [6, 6.07) is 1.34. The van der Waals surface area contributed by atoms with E-state index in [4.69, 9.17) is 5.73 Å². The van der Waals surface area contributed by atoms with E-state index in [1.165, 1.54) is 19.2 Å². The second-order valence-corrected chi connectivity index (χ2v) is 3.94. The quantitative estimate of drug-likeness (QED) is 0.835. The lowest BCUT2D eigenvalue weighted by atomic mass is 10.2. The van der Waals surface area contributed by atoms with Gasteiger partial charge < -0.3 is 5.73 Å². The maximum atomic E-state index is 12.6. The molecule has 0 fully saturated rings. The molecule has 0 aliphatic rings. The lowest BCUT2D eigenvalue weighted by Crippen LogP contribution is -2.27. The molecule has 0 aliphatic heterocycles. The minimum absolute atomic E-state index is 0.0473. The maximum Gasteiger partial charge on any atom is 0.417 e. The molecule has 2 aromatic heterocycles. The second kappa shape index (κ2) is 4.09. The summed E-state index contributed by atoms with van der Waals surface area (Å²) in [5.74, 6) is -0.457. The van der Waals surface area contributed by atoms with E-state index in [9.17, 15) is 18.0 Å². The van der Waals surface area contributed by atoms with Crippen LogP contribution in [0.2, 0.25) is 0 Å². The Balaban J connectivity index is 2.60. The number of halogens is 3. The molecule has 2 N–H and O–H groups in total. The van der Waals surface area contributed by atoms with Gasteiger partial charge in [-0.25, -0.2) is 4.98 Å². The highest BCUT2D eigenvalue weighted by Gasteiger charge is 2.31. The predicted molar refractivity (Wildman–Crippen MR) is 58.2 cm³/mol. The lowest BCUT2D eigenvalue weighted by molar-refractivity contribution is -0.137. The van der Waals surface area contributed by atoms with Gasteiger partial charge in [-0.1, -0.05) is 0 Å². The van der Waals surface area contributed by atoms with Gasteiger partial charge in [0.25, 0.3) is 0 Å². The van der Waals surface area contributed by atoms with Gasteiger partial charge >= 0.3 is 6.18 Å². The van der Waals surface area contributed by atoms with Crippen molar-refractivity contribution in [1.29, 1.82) is 0 Å². The van der Waals surface area contributed by atoms with Crippen LogP contribution in [0.5, 0.6) is 0 Å². The summed E-state index contributed by atoms with van der Waals surface area (Å²) in [7, 11) is 0. The third kappa shape index (κ3) is 2.08. The fourth-order valence-electron chi connectivity index (χ4n) is 1.56. The van der Waals surface area contributed by atoms with Crippen molar-refractivity contribution in [1.82, 2.24) is 9.38 Å². The van der Waals surface area contributed by atoms with Gasteiger partial charge in [0.15, 0.2) is 5.78 Å². The minimum Gasteiger partial charge on any atom is -0.321 e. The fraction of sp³-hybridized carbons (Fsp3) is 0.273. The largest absolute Gasteiger partial charge is 0.417 e. The number of carbonyl (C=O) groups excluding carboxylic acids is 1. The summed E-state index contributed by atoms with van der Waals surface area (Å²) in [5, 5.41) is 0. The highest BCUT2D eigenvalue weighted by atomic mass is 19.4. The molecule has 2 heterocycles. The molecule has 0 amide bonds. The smallest absolute Gasteiger partial charge is 0.321 e.